The summed E-state index contributed by atoms with van der Waals surface area (Å²) in [7, 11) is 0. The molecule has 18 rings (SSSR count). The van der Waals surface area contributed by atoms with E-state index in [4.69, 9.17) is 15.0 Å². The Morgan fingerprint density at radius 1 is 0.352 bits per heavy atom. The Labute approximate surface area is 417 Å². The molecule has 4 heteroatoms. The lowest BCUT2D eigenvalue weighted by Crippen LogP contribution is -2.48. The number of hydrogen-bond donors (Lipinski definition) is 0. The van der Waals surface area contributed by atoms with Gasteiger partial charge in [0.25, 0.3) is 0 Å². The molecule has 8 bridgehead atoms. The molecule has 8 fully saturated rings. The summed E-state index contributed by atoms with van der Waals surface area (Å²) in [6, 6.07) is 61.2. The van der Waals surface area contributed by atoms with Crippen molar-refractivity contribution in [2.24, 2.45) is 35.5 Å². The highest BCUT2D eigenvalue weighted by Gasteiger charge is 2.54. The van der Waals surface area contributed by atoms with Gasteiger partial charge >= 0.3 is 0 Å². The van der Waals surface area contributed by atoms with Crippen molar-refractivity contribution >= 4 is 0 Å². The van der Waals surface area contributed by atoms with Gasteiger partial charge in [0.05, 0.1) is 17.0 Å². The van der Waals surface area contributed by atoms with E-state index in [2.05, 4.69) is 158 Å². The summed E-state index contributed by atoms with van der Waals surface area (Å²) in [5.74, 6) is 7.47. The van der Waals surface area contributed by atoms with E-state index in [1.54, 1.807) is 5.56 Å². The third-order valence-electron chi connectivity index (χ3n) is 19.9. The molecule has 8 saturated carbocycles. The summed E-state index contributed by atoms with van der Waals surface area (Å²) in [5.41, 5.74) is 18.9. The molecule has 1 heterocycles. The molecule has 1 atom stereocenters. The van der Waals surface area contributed by atoms with Crippen LogP contribution in [0.15, 0.2) is 158 Å². The molecule has 7 aromatic carbocycles. The number of rotatable bonds is 6. The van der Waals surface area contributed by atoms with E-state index in [0.29, 0.717) is 22.6 Å². The summed E-state index contributed by atoms with van der Waals surface area (Å²) >= 11 is 0. The van der Waals surface area contributed by atoms with Crippen LogP contribution in [0, 0.1) is 46.8 Å². The Morgan fingerprint density at radius 2 is 0.817 bits per heavy atom. The first-order chi connectivity index (χ1) is 34.9. The number of nitriles is 1. The van der Waals surface area contributed by atoms with Crippen molar-refractivity contribution in [3.63, 3.8) is 0 Å². The fourth-order valence-electron chi connectivity index (χ4n) is 17.9. The van der Waals surface area contributed by atoms with Gasteiger partial charge in [0.15, 0.2) is 17.5 Å². The molecule has 0 saturated heterocycles. The summed E-state index contributed by atoms with van der Waals surface area (Å²) in [4.78, 5) is 16.3. The Balaban J connectivity index is 0.832. The van der Waals surface area contributed by atoms with Crippen LogP contribution in [0.1, 0.15) is 116 Å². The maximum atomic E-state index is 10.2. The van der Waals surface area contributed by atoms with Crippen molar-refractivity contribution in [3.8, 4) is 73.6 Å². The van der Waals surface area contributed by atoms with Crippen molar-refractivity contribution < 1.29 is 0 Å². The average Bonchev–Trinajstić information content (AvgIpc) is 3.87. The van der Waals surface area contributed by atoms with Gasteiger partial charge in [0, 0.05) is 16.7 Å². The summed E-state index contributed by atoms with van der Waals surface area (Å²) in [5, 5.41) is 10.2. The van der Waals surface area contributed by atoms with Crippen molar-refractivity contribution in [1.29, 1.82) is 5.26 Å². The Bertz CT molecular complexity index is 3520. The second kappa shape index (κ2) is 14.8. The third-order valence-corrected chi connectivity index (χ3v) is 19.9. The molecular formula is C67H56N4. The van der Waals surface area contributed by atoms with Gasteiger partial charge in [-0.1, -0.05) is 127 Å². The van der Waals surface area contributed by atoms with Crippen LogP contribution in [0.4, 0.5) is 0 Å². The number of fused-ring (bicyclic) bond motifs is 10. The molecule has 1 unspecified atom stereocenters. The maximum absolute atomic E-state index is 10.2. The number of benzene rings is 7. The van der Waals surface area contributed by atoms with Crippen LogP contribution in [0.5, 0.6) is 0 Å². The van der Waals surface area contributed by atoms with E-state index in [1.165, 1.54) is 138 Å². The van der Waals surface area contributed by atoms with E-state index < -0.39 is 5.41 Å². The normalized spacial score (nSPS) is 29.5. The smallest absolute Gasteiger partial charge is 0.164 e. The molecule has 8 aromatic rings. The summed E-state index contributed by atoms with van der Waals surface area (Å²) in [6.45, 7) is 0. The zero-order valence-corrected chi connectivity index (χ0v) is 40.2. The topological polar surface area (TPSA) is 62.5 Å². The minimum absolute atomic E-state index is 0.262. The molecular weight excluding hydrogens is 861 g/mol. The van der Waals surface area contributed by atoms with Crippen LogP contribution >= 0.6 is 0 Å². The highest BCUT2D eigenvalue weighted by Crippen LogP contribution is 2.65. The molecule has 10 aliphatic rings. The first-order valence-electron chi connectivity index (χ1n) is 26.9. The fraction of sp³-hybridized carbons (Fsp3) is 0.313. The van der Waals surface area contributed by atoms with Crippen molar-refractivity contribution in [2.45, 2.75) is 93.3 Å². The first kappa shape index (κ1) is 40.7. The van der Waals surface area contributed by atoms with Crippen molar-refractivity contribution in [1.82, 2.24) is 15.0 Å². The predicted molar refractivity (Wildman–Crippen MR) is 282 cm³/mol. The minimum atomic E-state index is -0.551. The van der Waals surface area contributed by atoms with Crippen LogP contribution in [-0.4, -0.2) is 15.0 Å². The SMILES string of the molecule is N#Cc1ccc2c(c1)C1(c3ccccc3-c3cc(-c4nc(-c5cccc(-c6ccc(C78CC9CC(CC(C9)C7)C8)cc6)c5)nc(-c5cccc(C67CC8CC(CC(C8)C6)C7)c5)n4)ccc31)c1ccccc1-2. The average molecular weight is 917 g/mol. The van der Waals surface area contributed by atoms with E-state index in [1.807, 2.05) is 6.07 Å². The molecule has 0 amide bonds. The largest absolute Gasteiger partial charge is 0.208 e. The summed E-state index contributed by atoms with van der Waals surface area (Å²) in [6.07, 6.45) is 16.8. The first-order valence-corrected chi connectivity index (χ1v) is 26.9. The molecule has 344 valence electrons. The lowest BCUT2D eigenvalue weighted by molar-refractivity contribution is -0.00529. The molecule has 10 aliphatic carbocycles. The monoisotopic (exact) mass is 916 g/mol. The van der Waals surface area contributed by atoms with Gasteiger partial charge in [-0.2, -0.15) is 5.26 Å². The number of aromatic nitrogens is 3. The van der Waals surface area contributed by atoms with E-state index >= 15 is 0 Å². The third kappa shape index (κ3) is 5.93. The molecule has 0 aliphatic heterocycles. The zero-order valence-electron chi connectivity index (χ0n) is 40.2. The minimum Gasteiger partial charge on any atom is -0.208 e. The molecule has 1 spiro atoms. The van der Waals surface area contributed by atoms with E-state index in [-0.39, 0.29) is 5.41 Å². The predicted octanol–water partition coefficient (Wildman–Crippen LogP) is 15.7. The molecule has 0 N–H and O–H groups in total. The Morgan fingerprint density at radius 3 is 1.41 bits per heavy atom. The Kier molecular flexibility index (Phi) is 8.49. The lowest BCUT2D eigenvalue weighted by atomic mass is 9.48. The van der Waals surface area contributed by atoms with Gasteiger partial charge in [-0.15, -0.1) is 0 Å². The number of hydrogen-bond acceptors (Lipinski definition) is 4. The molecule has 71 heavy (non-hydrogen) atoms. The molecule has 4 nitrogen and oxygen atoms in total. The van der Waals surface area contributed by atoms with Gasteiger partial charge in [-0.25, -0.2) is 15.0 Å². The molecule has 0 radical (unpaired) electrons. The zero-order chi connectivity index (χ0) is 46.6. The highest BCUT2D eigenvalue weighted by atomic mass is 15.0. The highest BCUT2D eigenvalue weighted by molar-refractivity contribution is 5.96. The van der Waals surface area contributed by atoms with Crippen LogP contribution in [0.25, 0.3) is 67.5 Å². The van der Waals surface area contributed by atoms with Gasteiger partial charge in [0.1, 0.15) is 0 Å². The van der Waals surface area contributed by atoms with E-state index in [0.717, 1.165) is 58.0 Å². The molecule has 1 aromatic heterocycles. The van der Waals surface area contributed by atoms with Crippen molar-refractivity contribution in [2.75, 3.05) is 0 Å². The number of nitrogens with zero attached hydrogens (tertiary/aromatic N) is 4. The van der Waals surface area contributed by atoms with Crippen molar-refractivity contribution in [3.05, 3.63) is 197 Å². The second-order valence-corrected chi connectivity index (χ2v) is 23.9. The van der Waals surface area contributed by atoms with Crippen LogP contribution in [0.2, 0.25) is 0 Å². The van der Waals surface area contributed by atoms with Crippen LogP contribution < -0.4 is 0 Å². The Hall–Kier alpha value is -6.96. The maximum Gasteiger partial charge on any atom is 0.164 e. The fourth-order valence-corrected chi connectivity index (χ4v) is 17.9. The van der Waals surface area contributed by atoms with Crippen LogP contribution in [-0.2, 0) is 16.2 Å². The quantitative estimate of drug-likeness (QED) is 0.167. The standard InChI is InChI=1S/C67H56N4/c68-39-40-15-21-56-54-11-1-3-13-58(54)67(61(56)29-40)59-14-4-2-12-55(59)57-32-51(18-22-60(57)67)64-70-62(69-63(71-64)50-9-6-10-53(31-50)66-36-44-26-45(37-66)28-46(27-44)38-66)49-8-5-7-48(30-49)47-16-19-52(20-17-47)65-33-41-23-42(34-65)25-43(24-41)35-65/h1-22,29-32,41-46H,23-28,33-38H2. The van der Waals surface area contributed by atoms with Gasteiger partial charge < -0.3 is 0 Å². The summed E-state index contributed by atoms with van der Waals surface area (Å²) < 4.78 is 0. The van der Waals surface area contributed by atoms with Gasteiger partial charge in [-0.3, -0.25) is 0 Å². The van der Waals surface area contributed by atoms with Crippen LogP contribution in [0.3, 0.4) is 0 Å². The van der Waals surface area contributed by atoms with Gasteiger partial charge in [0.2, 0.25) is 0 Å². The second-order valence-electron chi connectivity index (χ2n) is 23.9. The van der Waals surface area contributed by atoms with Gasteiger partial charge in [-0.05, 0) is 220 Å². The van der Waals surface area contributed by atoms with E-state index in [9.17, 15) is 5.26 Å². The lowest BCUT2D eigenvalue weighted by Gasteiger charge is -2.57.